The highest BCUT2D eigenvalue weighted by Crippen LogP contribution is 2.54. The van der Waals surface area contributed by atoms with Crippen LogP contribution in [-0.2, 0) is 14.3 Å². The number of Topliss-reactive ketones (excluding diaryl/α,β-unsaturated/α-hetero) is 1. The zero-order chi connectivity index (χ0) is 14.3. The van der Waals surface area contributed by atoms with E-state index in [9.17, 15) is 9.59 Å². The standard InChI is InChI=1S/C15H24O3Si/c1-18-14(17)15-11(6-5-7-13(15)16)8-9-12(15)10-19(2,3)4/h10-11H,5-9H2,1-4H3/b12-10+/t11-,15+/m1/s1. The van der Waals surface area contributed by atoms with Crippen molar-refractivity contribution in [1.82, 2.24) is 0 Å². The Morgan fingerprint density at radius 2 is 2.00 bits per heavy atom. The molecule has 0 unspecified atom stereocenters. The molecule has 0 aromatic heterocycles. The number of hydrogen-bond acceptors (Lipinski definition) is 3. The summed E-state index contributed by atoms with van der Waals surface area (Å²) in [5.74, 6) is -0.0504. The summed E-state index contributed by atoms with van der Waals surface area (Å²) < 4.78 is 5.02. The van der Waals surface area contributed by atoms with Gasteiger partial charge < -0.3 is 4.74 Å². The van der Waals surface area contributed by atoms with Crippen molar-refractivity contribution in [2.75, 3.05) is 7.11 Å². The Kier molecular flexibility index (Phi) is 3.73. The van der Waals surface area contributed by atoms with Crippen LogP contribution in [0.15, 0.2) is 11.3 Å². The maximum Gasteiger partial charge on any atom is 0.323 e. The third-order valence-electron chi connectivity index (χ3n) is 4.39. The number of ketones is 1. The number of methoxy groups -OCH3 is 1. The largest absolute Gasteiger partial charge is 0.468 e. The summed E-state index contributed by atoms with van der Waals surface area (Å²) in [6.45, 7) is 6.73. The Morgan fingerprint density at radius 1 is 1.32 bits per heavy atom. The molecule has 2 rings (SSSR count). The van der Waals surface area contributed by atoms with E-state index in [4.69, 9.17) is 4.74 Å². The zero-order valence-electron chi connectivity index (χ0n) is 12.4. The molecule has 2 aliphatic rings. The quantitative estimate of drug-likeness (QED) is 0.443. The van der Waals surface area contributed by atoms with Gasteiger partial charge in [-0.05, 0) is 31.6 Å². The van der Waals surface area contributed by atoms with E-state index in [1.54, 1.807) is 0 Å². The van der Waals surface area contributed by atoms with E-state index >= 15 is 0 Å². The summed E-state index contributed by atoms with van der Waals surface area (Å²) in [4.78, 5) is 25.0. The molecule has 0 N–H and O–H groups in total. The molecule has 0 heterocycles. The monoisotopic (exact) mass is 280 g/mol. The second-order valence-corrected chi connectivity index (χ2v) is 11.9. The zero-order valence-corrected chi connectivity index (χ0v) is 13.4. The summed E-state index contributed by atoms with van der Waals surface area (Å²) in [6.07, 6.45) is 4.26. The number of esters is 1. The van der Waals surface area contributed by atoms with Gasteiger partial charge in [-0.2, -0.15) is 0 Å². The van der Waals surface area contributed by atoms with E-state index in [2.05, 4.69) is 25.3 Å². The minimum absolute atomic E-state index is 0.0950. The van der Waals surface area contributed by atoms with Crippen molar-refractivity contribution in [2.45, 2.75) is 51.7 Å². The predicted octanol–water partition coefficient (Wildman–Crippen LogP) is 3.11. The van der Waals surface area contributed by atoms with Crippen LogP contribution >= 0.6 is 0 Å². The van der Waals surface area contributed by atoms with Crippen LogP contribution in [0.1, 0.15) is 32.1 Å². The first-order chi connectivity index (χ1) is 8.82. The molecule has 0 bridgehead atoms. The average molecular weight is 280 g/mol. The summed E-state index contributed by atoms with van der Waals surface area (Å²) >= 11 is 0. The van der Waals surface area contributed by atoms with Crippen molar-refractivity contribution in [1.29, 1.82) is 0 Å². The second-order valence-electron chi connectivity index (χ2n) is 6.89. The third kappa shape index (κ3) is 2.31. The van der Waals surface area contributed by atoms with Crippen LogP contribution in [0, 0.1) is 11.3 Å². The van der Waals surface area contributed by atoms with Gasteiger partial charge in [0, 0.05) is 6.42 Å². The number of carbonyl (C=O) groups excluding carboxylic acids is 2. The Balaban J connectivity index is 2.54. The highest BCUT2D eigenvalue weighted by Gasteiger charge is 2.59. The van der Waals surface area contributed by atoms with Crippen LogP contribution in [-0.4, -0.2) is 26.9 Å². The molecular weight excluding hydrogens is 256 g/mol. The fraction of sp³-hybridized carbons (Fsp3) is 0.733. The third-order valence-corrected chi connectivity index (χ3v) is 5.61. The lowest BCUT2D eigenvalue weighted by molar-refractivity contribution is -0.159. The van der Waals surface area contributed by atoms with Gasteiger partial charge in [0.1, 0.15) is 5.41 Å². The number of ether oxygens (including phenoxy) is 1. The molecule has 2 atom stereocenters. The molecular formula is C15H24O3Si. The van der Waals surface area contributed by atoms with Crippen LogP contribution in [0.2, 0.25) is 19.6 Å². The minimum atomic E-state index is -1.46. The van der Waals surface area contributed by atoms with Gasteiger partial charge in [-0.1, -0.05) is 30.9 Å². The molecule has 0 saturated heterocycles. The molecule has 19 heavy (non-hydrogen) atoms. The van der Waals surface area contributed by atoms with E-state index < -0.39 is 13.5 Å². The van der Waals surface area contributed by atoms with E-state index in [1.807, 2.05) is 0 Å². The van der Waals surface area contributed by atoms with E-state index in [-0.39, 0.29) is 17.7 Å². The van der Waals surface area contributed by atoms with Gasteiger partial charge in [0.2, 0.25) is 0 Å². The Morgan fingerprint density at radius 3 is 2.58 bits per heavy atom. The van der Waals surface area contributed by atoms with Crippen LogP contribution in [0.5, 0.6) is 0 Å². The molecule has 2 fully saturated rings. The molecule has 0 spiro atoms. The van der Waals surface area contributed by atoms with E-state index in [1.165, 1.54) is 7.11 Å². The van der Waals surface area contributed by atoms with Crippen LogP contribution < -0.4 is 0 Å². The van der Waals surface area contributed by atoms with Crippen LogP contribution in [0.3, 0.4) is 0 Å². The SMILES string of the molecule is COC(=O)[C@@]12C(=O)CCC[C@@H]1CC/C2=C\[Si](C)(C)C. The summed E-state index contributed by atoms with van der Waals surface area (Å²) in [6, 6.07) is 0. The molecule has 0 amide bonds. The van der Waals surface area contributed by atoms with Crippen molar-refractivity contribution >= 4 is 19.8 Å². The van der Waals surface area contributed by atoms with Gasteiger partial charge >= 0.3 is 5.97 Å². The fourth-order valence-corrected chi connectivity index (χ4v) is 5.18. The van der Waals surface area contributed by atoms with Gasteiger partial charge in [-0.3, -0.25) is 9.59 Å². The molecule has 2 saturated carbocycles. The van der Waals surface area contributed by atoms with Crippen molar-refractivity contribution in [2.24, 2.45) is 11.3 Å². The molecule has 106 valence electrons. The predicted molar refractivity (Wildman–Crippen MR) is 77.5 cm³/mol. The van der Waals surface area contributed by atoms with Gasteiger partial charge in [-0.15, -0.1) is 0 Å². The van der Waals surface area contributed by atoms with Gasteiger partial charge in [-0.25, -0.2) is 0 Å². The molecule has 0 aliphatic heterocycles. The first kappa shape index (κ1) is 14.5. The second kappa shape index (κ2) is 4.89. The lowest BCUT2D eigenvalue weighted by Crippen LogP contribution is -2.47. The van der Waals surface area contributed by atoms with Crippen molar-refractivity contribution in [3.05, 3.63) is 11.3 Å². The molecule has 0 radical (unpaired) electrons. The molecule has 2 aliphatic carbocycles. The number of fused-ring (bicyclic) bond motifs is 1. The molecule has 0 aromatic carbocycles. The number of hydrogen-bond donors (Lipinski definition) is 0. The lowest BCUT2D eigenvalue weighted by atomic mass is 9.65. The average Bonchev–Trinajstić information content (AvgIpc) is 2.67. The van der Waals surface area contributed by atoms with Crippen molar-refractivity contribution < 1.29 is 14.3 Å². The van der Waals surface area contributed by atoms with E-state index in [0.29, 0.717) is 6.42 Å². The van der Waals surface area contributed by atoms with Crippen molar-refractivity contribution in [3.8, 4) is 0 Å². The fourth-order valence-electron chi connectivity index (χ4n) is 3.76. The number of rotatable bonds is 2. The smallest absolute Gasteiger partial charge is 0.323 e. The summed E-state index contributed by atoms with van der Waals surface area (Å²) in [5, 5.41) is 0. The van der Waals surface area contributed by atoms with Crippen LogP contribution in [0.25, 0.3) is 0 Å². The number of carbonyl (C=O) groups is 2. The highest BCUT2D eigenvalue weighted by atomic mass is 28.3. The maximum atomic E-state index is 12.6. The van der Waals surface area contributed by atoms with Gasteiger partial charge in [0.15, 0.2) is 5.78 Å². The van der Waals surface area contributed by atoms with E-state index in [0.717, 1.165) is 31.3 Å². The van der Waals surface area contributed by atoms with Crippen molar-refractivity contribution in [3.63, 3.8) is 0 Å². The molecule has 3 nitrogen and oxygen atoms in total. The Hall–Kier alpha value is -0.903. The topological polar surface area (TPSA) is 43.4 Å². The van der Waals surface area contributed by atoms with Gasteiger partial charge in [0.25, 0.3) is 0 Å². The first-order valence-corrected chi connectivity index (χ1v) is 10.7. The van der Waals surface area contributed by atoms with Crippen LogP contribution in [0.4, 0.5) is 0 Å². The minimum Gasteiger partial charge on any atom is -0.468 e. The lowest BCUT2D eigenvalue weighted by Gasteiger charge is -2.37. The Labute approximate surface area is 116 Å². The highest BCUT2D eigenvalue weighted by molar-refractivity contribution is 6.81. The maximum absolute atomic E-state index is 12.6. The normalized spacial score (nSPS) is 33.4. The first-order valence-electron chi connectivity index (χ1n) is 7.16. The Bertz CT molecular complexity index is 423. The summed E-state index contributed by atoms with van der Waals surface area (Å²) in [5.41, 5.74) is 2.40. The van der Waals surface area contributed by atoms with Gasteiger partial charge in [0.05, 0.1) is 15.2 Å². The summed E-state index contributed by atoms with van der Waals surface area (Å²) in [7, 11) is -0.0526. The molecule has 4 heteroatoms. The molecule has 0 aromatic rings.